The predicted octanol–water partition coefficient (Wildman–Crippen LogP) is 8.99. The number of carbonyl (C=O) groups excluding carboxylic acids is 5. The molecular formula is C47H67N5O7S3. The van der Waals surface area contributed by atoms with Crippen LogP contribution in [0.2, 0.25) is 0 Å². The summed E-state index contributed by atoms with van der Waals surface area (Å²) in [5.74, 6) is -1.39. The van der Waals surface area contributed by atoms with E-state index in [1.807, 2.05) is 65.1 Å². The molecule has 3 heterocycles. The molecule has 0 spiro atoms. The van der Waals surface area contributed by atoms with Gasteiger partial charge in [-0.2, -0.15) is 0 Å². The van der Waals surface area contributed by atoms with Crippen LogP contribution in [0.1, 0.15) is 126 Å². The Labute approximate surface area is 380 Å². The van der Waals surface area contributed by atoms with E-state index in [4.69, 9.17) is 14.5 Å². The van der Waals surface area contributed by atoms with E-state index in [0.717, 1.165) is 54.1 Å². The fourth-order valence-corrected chi connectivity index (χ4v) is 10.8. The first kappa shape index (κ1) is 50.9. The van der Waals surface area contributed by atoms with Crippen molar-refractivity contribution in [3.63, 3.8) is 0 Å². The van der Waals surface area contributed by atoms with Crippen molar-refractivity contribution in [2.45, 2.75) is 135 Å². The van der Waals surface area contributed by atoms with E-state index >= 15 is 0 Å². The van der Waals surface area contributed by atoms with E-state index in [1.54, 1.807) is 59.0 Å². The van der Waals surface area contributed by atoms with Crippen molar-refractivity contribution in [2.24, 2.45) is 23.7 Å². The van der Waals surface area contributed by atoms with Crippen molar-refractivity contribution in [3.05, 3.63) is 75.9 Å². The number of nitrogens with zero attached hydrogens (tertiary/aromatic N) is 4. The lowest BCUT2D eigenvalue weighted by Gasteiger charge is -2.37. The maximum Gasteiger partial charge on any atom is 0.308 e. The Bertz CT molecular complexity index is 1900. The lowest BCUT2D eigenvalue weighted by Crippen LogP contribution is -2.48. The molecule has 1 fully saturated rings. The van der Waals surface area contributed by atoms with Crippen LogP contribution in [0.25, 0.3) is 0 Å². The van der Waals surface area contributed by atoms with Gasteiger partial charge in [-0.3, -0.25) is 28.9 Å². The fraction of sp³-hybridized carbons (Fsp3) is 0.596. The molecule has 12 nitrogen and oxygen atoms in total. The molecule has 1 saturated heterocycles. The number of likely N-dealkylation sites (N-methyl/N-ethyl adjacent to an activating group) is 1. The molecule has 1 N–H and O–H groups in total. The molecule has 0 saturated carbocycles. The van der Waals surface area contributed by atoms with Crippen LogP contribution < -0.4 is 5.32 Å². The average molecular weight is 910 g/mol. The second-order valence-electron chi connectivity index (χ2n) is 16.9. The van der Waals surface area contributed by atoms with Crippen molar-refractivity contribution in [3.8, 4) is 0 Å². The smallest absolute Gasteiger partial charge is 0.308 e. The fourth-order valence-electron chi connectivity index (χ4n) is 7.98. The third kappa shape index (κ3) is 15.5. The molecule has 1 aliphatic heterocycles. The molecule has 0 aliphatic carbocycles. The molecule has 340 valence electrons. The second-order valence-corrected chi connectivity index (χ2v) is 20.1. The molecule has 0 bridgehead atoms. The molecule has 1 aliphatic rings. The van der Waals surface area contributed by atoms with Crippen LogP contribution in [0.15, 0.2) is 59.1 Å². The lowest BCUT2D eigenvalue weighted by molar-refractivity contribution is -0.150. The van der Waals surface area contributed by atoms with E-state index in [-0.39, 0.29) is 66.7 Å². The number of esters is 2. The first-order valence-corrected chi connectivity index (χ1v) is 25.2. The number of carbonyl (C=O) groups is 5. The molecular weight excluding hydrogens is 843 g/mol. The van der Waals surface area contributed by atoms with Crippen molar-refractivity contribution in [1.29, 1.82) is 0 Å². The monoisotopic (exact) mass is 909 g/mol. The van der Waals surface area contributed by atoms with Gasteiger partial charge < -0.3 is 19.7 Å². The molecule has 15 heteroatoms. The molecule has 3 aromatic rings. The SMILES string of the molecule is CCOC(=O)[C@@H](C)C[C@H](Cc1ccc(CSSc2ccccn2)cc1)NC(=O)c1csc([C@@H](C[C@H](C(C)C)N(C)C(=O)[C@@H](CC(=O)[C@H]2CCCCN2C)[C@@H](C)CC)OC(C)=O)n1. The minimum absolute atomic E-state index is 0.00483. The largest absolute Gasteiger partial charge is 0.466 e. The molecule has 2 aromatic heterocycles. The quantitative estimate of drug-likeness (QED) is 0.0676. The average Bonchev–Trinajstić information content (AvgIpc) is 3.75. The zero-order chi connectivity index (χ0) is 45.3. The molecule has 7 atom stereocenters. The van der Waals surface area contributed by atoms with Crippen LogP contribution in [0, 0.1) is 23.7 Å². The summed E-state index contributed by atoms with van der Waals surface area (Å²) in [6.45, 7) is 14.2. The van der Waals surface area contributed by atoms with Gasteiger partial charge in [0, 0.05) is 62.1 Å². The minimum Gasteiger partial charge on any atom is -0.466 e. The zero-order valence-corrected chi connectivity index (χ0v) is 40.4. The summed E-state index contributed by atoms with van der Waals surface area (Å²) < 4.78 is 11.2. The number of likely N-dealkylation sites (tertiary alicyclic amines) is 1. The number of benzene rings is 1. The summed E-state index contributed by atoms with van der Waals surface area (Å²) in [6.07, 6.45) is 5.89. The van der Waals surface area contributed by atoms with Gasteiger partial charge in [-0.25, -0.2) is 9.97 Å². The van der Waals surface area contributed by atoms with E-state index in [2.05, 4.69) is 27.3 Å². The summed E-state index contributed by atoms with van der Waals surface area (Å²) in [5, 5.41) is 6.17. The maximum absolute atomic E-state index is 14.4. The van der Waals surface area contributed by atoms with Crippen LogP contribution in [0.5, 0.6) is 0 Å². The van der Waals surface area contributed by atoms with Gasteiger partial charge in [-0.05, 0) is 92.1 Å². The molecule has 1 aromatic carbocycles. The highest BCUT2D eigenvalue weighted by molar-refractivity contribution is 8.76. The summed E-state index contributed by atoms with van der Waals surface area (Å²) in [6, 6.07) is 13.2. The number of nitrogens with one attached hydrogen (secondary N) is 1. The Kier molecular flexibility index (Phi) is 20.9. The number of amides is 2. The van der Waals surface area contributed by atoms with Gasteiger partial charge in [0.1, 0.15) is 15.7 Å². The number of aromatic nitrogens is 2. The van der Waals surface area contributed by atoms with Crippen LogP contribution in [-0.4, -0.2) is 94.7 Å². The van der Waals surface area contributed by atoms with Gasteiger partial charge in [0.2, 0.25) is 5.91 Å². The molecule has 0 unspecified atom stereocenters. The van der Waals surface area contributed by atoms with Crippen molar-refractivity contribution < 1.29 is 33.4 Å². The third-order valence-electron chi connectivity index (χ3n) is 11.8. The summed E-state index contributed by atoms with van der Waals surface area (Å²) in [4.78, 5) is 80.0. The van der Waals surface area contributed by atoms with Crippen LogP contribution in [-0.2, 0) is 40.8 Å². The summed E-state index contributed by atoms with van der Waals surface area (Å²) in [7, 11) is 7.10. The zero-order valence-electron chi connectivity index (χ0n) is 38.0. The van der Waals surface area contributed by atoms with Crippen molar-refractivity contribution in [2.75, 3.05) is 27.2 Å². The highest BCUT2D eigenvalue weighted by Crippen LogP contribution is 2.34. The predicted molar refractivity (Wildman–Crippen MR) is 249 cm³/mol. The minimum atomic E-state index is -0.820. The standard InChI is InChI=1S/C47H67N5O7S3/c1-10-31(5)37(26-41(54)39-16-13-15-23-51(39)8)46(56)52(9)40(30(3)4)27-42(59-33(7)53)45-50-38(29-60-45)44(55)49-36(24-32(6)47(57)58-11-2)25-34-18-20-35(21-19-34)28-61-62-43-17-12-14-22-48-43/h12,14,17-22,29-32,36-37,39-40,42H,10-11,13,15-16,23-28H2,1-9H3,(H,49,55)/t31-,32-,36+,37-,39+,40+,42+/m0/s1. The van der Waals surface area contributed by atoms with Crippen molar-refractivity contribution in [1.82, 2.24) is 25.1 Å². The van der Waals surface area contributed by atoms with E-state index in [9.17, 15) is 24.0 Å². The molecule has 4 rings (SSSR count). The number of hydrogen-bond donors (Lipinski definition) is 1. The first-order valence-electron chi connectivity index (χ1n) is 22.0. The number of pyridine rings is 1. The van der Waals surface area contributed by atoms with Gasteiger partial charge in [0.25, 0.3) is 5.91 Å². The van der Waals surface area contributed by atoms with E-state index in [1.165, 1.54) is 18.3 Å². The van der Waals surface area contributed by atoms with E-state index < -0.39 is 35.9 Å². The highest BCUT2D eigenvalue weighted by Gasteiger charge is 2.38. The van der Waals surface area contributed by atoms with Gasteiger partial charge in [0.15, 0.2) is 11.9 Å². The van der Waals surface area contributed by atoms with Crippen molar-refractivity contribution >= 4 is 62.5 Å². The maximum atomic E-state index is 14.4. The number of hydrogen-bond acceptors (Lipinski definition) is 13. The Morgan fingerprint density at radius 1 is 1.00 bits per heavy atom. The van der Waals surface area contributed by atoms with Crippen LogP contribution in [0.3, 0.4) is 0 Å². The summed E-state index contributed by atoms with van der Waals surface area (Å²) in [5.41, 5.74) is 2.33. The Morgan fingerprint density at radius 2 is 1.73 bits per heavy atom. The van der Waals surface area contributed by atoms with Gasteiger partial charge in [0.05, 0.1) is 18.6 Å². The normalized spacial score (nSPS) is 17.3. The number of ketones is 1. The summed E-state index contributed by atoms with van der Waals surface area (Å²) >= 11 is 1.22. The highest BCUT2D eigenvalue weighted by atomic mass is 33.1. The number of thiazole rings is 1. The Balaban J connectivity index is 1.48. The number of rotatable bonds is 24. The van der Waals surface area contributed by atoms with Gasteiger partial charge in [-0.15, -0.1) is 11.3 Å². The first-order chi connectivity index (χ1) is 29.6. The number of Topliss-reactive ketones (excluding diaryl/α,β-unsaturated/α-hetero) is 1. The topological polar surface area (TPSA) is 148 Å². The van der Waals surface area contributed by atoms with Gasteiger partial charge in [-0.1, -0.05) is 88.6 Å². The third-order valence-corrected chi connectivity index (χ3v) is 14.9. The van der Waals surface area contributed by atoms with Crippen LogP contribution in [0.4, 0.5) is 0 Å². The molecule has 62 heavy (non-hydrogen) atoms. The van der Waals surface area contributed by atoms with E-state index in [0.29, 0.717) is 17.8 Å². The second kappa shape index (κ2) is 25.5. The molecule has 2 amide bonds. The number of ether oxygens (including phenoxy) is 2. The number of piperidine rings is 1. The Hall–Kier alpha value is -3.79. The van der Waals surface area contributed by atoms with Crippen LogP contribution >= 0.6 is 32.9 Å². The lowest BCUT2D eigenvalue weighted by atomic mass is 9.83. The van der Waals surface area contributed by atoms with Gasteiger partial charge >= 0.3 is 11.9 Å². The Morgan fingerprint density at radius 3 is 2.35 bits per heavy atom. The molecule has 0 radical (unpaired) electrons.